The van der Waals surface area contributed by atoms with Crippen LogP contribution in [0.25, 0.3) is 0 Å². The van der Waals surface area contributed by atoms with E-state index < -0.39 is 15.7 Å². The lowest BCUT2D eigenvalue weighted by Gasteiger charge is -2.08. The maximum Gasteiger partial charge on any atom is 0.257 e. The Labute approximate surface area is 178 Å². The summed E-state index contributed by atoms with van der Waals surface area (Å²) in [6, 6.07) is 14.5. The average molecular weight is 445 g/mol. The lowest BCUT2D eigenvalue weighted by atomic mass is 10.1. The van der Waals surface area contributed by atoms with Crippen LogP contribution in [-0.4, -0.2) is 30.4 Å². The van der Waals surface area contributed by atoms with Crippen molar-refractivity contribution >= 4 is 43.8 Å². The number of sulfone groups is 1. The van der Waals surface area contributed by atoms with E-state index in [1.807, 2.05) is 0 Å². The molecule has 8 nitrogen and oxygen atoms in total. The maximum absolute atomic E-state index is 12.4. The summed E-state index contributed by atoms with van der Waals surface area (Å²) >= 11 is 1.00. The highest BCUT2D eigenvalue weighted by atomic mass is 32.2. The van der Waals surface area contributed by atoms with E-state index in [9.17, 15) is 18.0 Å². The number of hydrogen-bond acceptors (Lipinski definition) is 7. The summed E-state index contributed by atoms with van der Waals surface area (Å²) < 4.78 is 24.9. The van der Waals surface area contributed by atoms with Gasteiger partial charge >= 0.3 is 0 Å². The van der Waals surface area contributed by atoms with Crippen molar-refractivity contribution in [1.29, 1.82) is 0 Å². The first-order valence-corrected chi connectivity index (χ1v) is 11.5. The maximum atomic E-state index is 12.4. The topological polar surface area (TPSA) is 118 Å². The van der Waals surface area contributed by atoms with Crippen LogP contribution in [0, 0.1) is 5.92 Å². The van der Waals surface area contributed by atoms with Crippen LogP contribution in [0.15, 0.2) is 59.5 Å². The molecule has 0 radical (unpaired) electrons. The Balaban J connectivity index is 1.63. The Hall–Kier alpha value is -3.11. The molecule has 0 saturated heterocycles. The monoisotopic (exact) mass is 444 g/mol. The van der Waals surface area contributed by atoms with E-state index in [-0.39, 0.29) is 32.6 Å². The van der Waals surface area contributed by atoms with Crippen molar-refractivity contribution in [2.24, 2.45) is 5.92 Å². The Morgan fingerprint density at radius 2 is 1.63 bits per heavy atom. The molecule has 156 valence electrons. The second kappa shape index (κ2) is 9.14. The van der Waals surface area contributed by atoms with Crippen LogP contribution in [0.3, 0.4) is 0 Å². The van der Waals surface area contributed by atoms with Crippen molar-refractivity contribution in [3.63, 3.8) is 0 Å². The molecule has 0 atom stereocenters. The third kappa shape index (κ3) is 5.49. The smallest absolute Gasteiger partial charge is 0.257 e. The van der Waals surface area contributed by atoms with Gasteiger partial charge in [-0.3, -0.25) is 14.9 Å². The molecule has 0 spiro atoms. The van der Waals surface area contributed by atoms with Crippen LogP contribution >= 0.6 is 11.3 Å². The van der Waals surface area contributed by atoms with Crippen molar-refractivity contribution in [3.8, 4) is 0 Å². The lowest BCUT2D eigenvalue weighted by Crippen LogP contribution is -2.18. The number of hydrogen-bond donors (Lipinski definition) is 2. The van der Waals surface area contributed by atoms with Gasteiger partial charge in [0.15, 0.2) is 9.84 Å². The average Bonchev–Trinajstić information content (AvgIpc) is 3.15. The Morgan fingerprint density at radius 3 is 2.27 bits per heavy atom. The molecule has 2 N–H and O–H groups in total. The molecule has 3 rings (SSSR count). The van der Waals surface area contributed by atoms with E-state index in [0.29, 0.717) is 11.3 Å². The van der Waals surface area contributed by atoms with Gasteiger partial charge in [-0.15, -0.1) is 10.2 Å². The standard InChI is InChI=1S/C20H20N4O4S2/c1-13(2)18(25)21-15-10-8-14(9-11-15)19(26)22-20-24-23-17(29-20)12-30(27,28)16-6-4-3-5-7-16/h3-11,13H,12H2,1-2H3,(H,21,25)(H,22,24,26). The highest BCUT2D eigenvalue weighted by Crippen LogP contribution is 2.22. The van der Waals surface area contributed by atoms with E-state index in [4.69, 9.17) is 0 Å². The van der Waals surface area contributed by atoms with E-state index in [1.54, 1.807) is 56.3 Å². The second-order valence-electron chi connectivity index (χ2n) is 6.75. The molecule has 1 heterocycles. The van der Waals surface area contributed by atoms with Gasteiger partial charge in [0, 0.05) is 17.2 Å². The van der Waals surface area contributed by atoms with Crippen LogP contribution in [0.4, 0.5) is 10.8 Å². The third-order valence-electron chi connectivity index (χ3n) is 4.04. The zero-order valence-electron chi connectivity index (χ0n) is 16.3. The molecule has 3 aromatic rings. The van der Waals surface area contributed by atoms with Crippen molar-refractivity contribution in [2.75, 3.05) is 10.6 Å². The van der Waals surface area contributed by atoms with Crippen LogP contribution in [0.5, 0.6) is 0 Å². The minimum Gasteiger partial charge on any atom is -0.326 e. The largest absolute Gasteiger partial charge is 0.326 e. The molecule has 1 aromatic heterocycles. The van der Waals surface area contributed by atoms with Gasteiger partial charge in [0.25, 0.3) is 5.91 Å². The zero-order chi connectivity index (χ0) is 21.7. The van der Waals surface area contributed by atoms with Crippen molar-refractivity contribution in [3.05, 3.63) is 65.2 Å². The second-order valence-corrected chi connectivity index (χ2v) is 9.80. The zero-order valence-corrected chi connectivity index (χ0v) is 18.0. The summed E-state index contributed by atoms with van der Waals surface area (Å²) in [5.41, 5.74) is 0.959. The number of aromatic nitrogens is 2. The first kappa shape index (κ1) is 21.6. The summed E-state index contributed by atoms with van der Waals surface area (Å²) in [5.74, 6) is -0.968. The van der Waals surface area contributed by atoms with Gasteiger partial charge in [-0.25, -0.2) is 8.42 Å². The van der Waals surface area contributed by atoms with E-state index in [1.165, 1.54) is 12.1 Å². The molecule has 0 bridgehead atoms. The summed E-state index contributed by atoms with van der Waals surface area (Å²) in [4.78, 5) is 24.3. The van der Waals surface area contributed by atoms with E-state index >= 15 is 0 Å². The normalized spacial score (nSPS) is 11.3. The molecule has 0 aliphatic rings. The van der Waals surface area contributed by atoms with Gasteiger partial charge in [0.05, 0.1) is 4.90 Å². The molecule has 0 saturated carbocycles. The lowest BCUT2D eigenvalue weighted by molar-refractivity contribution is -0.118. The Kier molecular flexibility index (Phi) is 6.58. The van der Waals surface area contributed by atoms with Crippen molar-refractivity contribution in [1.82, 2.24) is 10.2 Å². The fraction of sp³-hybridized carbons (Fsp3) is 0.200. The molecule has 0 fully saturated rings. The number of nitrogens with one attached hydrogen (secondary N) is 2. The fourth-order valence-electron chi connectivity index (χ4n) is 2.40. The molecule has 2 aromatic carbocycles. The minimum absolute atomic E-state index is 0.112. The predicted molar refractivity (Wildman–Crippen MR) is 115 cm³/mol. The van der Waals surface area contributed by atoms with Crippen LogP contribution in [0.2, 0.25) is 0 Å². The number of rotatable bonds is 7. The number of carbonyl (C=O) groups excluding carboxylic acids is 2. The van der Waals surface area contributed by atoms with Gasteiger partial charge < -0.3 is 5.32 Å². The van der Waals surface area contributed by atoms with Gasteiger partial charge in [0.1, 0.15) is 10.8 Å². The molecule has 0 aliphatic heterocycles. The highest BCUT2D eigenvalue weighted by molar-refractivity contribution is 7.90. The molecule has 0 unspecified atom stereocenters. The molecular weight excluding hydrogens is 424 g/mol. The SMILES string of the molecule is CC(C)C(=O)Nc1ccc(C(=O)Nc2nnc(CS(=O)(=O)c3ccccc3)s2)cc1. The predicted octanol–water partition coefficient (Wildman–Crippen LogP) is 3.36. The molecular formula is C20H20N4O4S2. The number of benzene rings is 2. The van der Waals surface area contributed by atoms with Crippen LogP contribution in [-0.2, 0) is 20.4 Å². The molecule has 30 heavy (non-hydrogen) atoms. The number of nitrogens with zero attached hydrogens (tertiary/aromatic N) is 2. The summed E-state index contributed by atoms with van der Waals surface area (Å²) in [6.45, 7) is 3.58. The third-order valence-corrected chi connectivity index (χ3v) is 6.71. The summed E-state index contributed by atoms with van der Waals surface area (Å²) in [7, 11) is -3.54. The summed E-state index contributed by atoms with van der Waals surface area (Å²) in [6.07, 6.45) is 0. The number of amides is 2. The van der Waals surface area contributed by atoms with Crippen LogP contribution in [0.1, 0.15) is 29.2 Å². The van der Waals surface area contributed by atoms with E-state index in [2.05, 4.69) is 20.8 Å². The first-order chi connectivity index (χ1) is 14.2. The molecule has 2 amide bonds. The summed E-state index contributed by atoms with van der Waals surface area (Å²) in [5, 5.41) is 13.6. The Bertz CT molecular complexity index is 1140. The van der Waals surface area contributed by atoms with Gasteiger partial charge in [0.2, 0.25) is 11.0 Å². The van der Waals surface area contributed by atoms with E-state index in [0.717, 1.165) is 11.3 Å². The first-order valence-electron chi connectivity index (χ1n) is 9.07. The highest BCUT2D eigenvalue weighted by Gasteiger charge is 2.19. The van der Waals surface area contributed by atoms with Crippen LogP contribution < -0.4 is 10.6 Å². The molecule has 10 heteroatoms. The number of carbonyl (C=O) groups is 2. The van der Waals surface area contributed by atoms with Gasteiger partial charge in [-0.05, 0) is 36.4 Å². The van der Waals surface area contributed by atoms with Crippen molar-refractivity contribution in [2.45, 2.75) is 24.5 Å². The van der Waals surface area contributed by atoms with Crippen molar-refractivity contribution < 1.29 is 18.0 Å². The quantitative estimate of drug-likeness (QED) is 0.577. The molecule has 0 aliphatic carbocycles. The fourth-order valence-corrected chi connectivity index (χ4v) is 4.75. The number of anilines is 2. The minimum atomic E-state index is -3.54. The van der Waals surface area contributed by atoms with Gasteiger partial charge in [-0.2, -0.15) is 0 Å². The van der Waals surface area contributed by atoms with Gasteiger partial charge in [-0.1, -0.05) is 43.4 Å². The Morgan fingerprint density at radius 1 is 0.967 bits per heavy atom.